The number of ether oxygens (including phenoxy) is 1. The third-order valence-corrected chi connectivity index (χ3v) is 7.64. The Morgan fingerprint density at radius 3 is 1.70 bits per heavy atom. The van der Waals surface area contributed by atoms with Crippen LogP contribution in [0.5, 0.6) is 0 Å². The largest absolute Gasteiger partial charge is 0.464 e. The van der Waals surface area contributed by atoms with Crippen molar-refractivity contribution in [2.75, 3.05) is 6.61 Å². The van der Waals surface area contributed by atoms with E-state index >= 15 is 0 Å². The van der Waals surface area contributed by atoms with Gasteiger partial charge >= 0.3 is 5.97 Å². The highest BCUT2D eigenvalue weighted by molar-refractivity contribution is 6.10. The number of imide groups is 1. The van der Waals surface area contributed by atoms with Gasteiger partial charge in [-0.25, -0.2) is 4.79 Å². The second kappa shape index (κ2) is 8.77. The first-order chi connectivity index (χ1) is 16.1. The second-order valence-electron chi connectivity index (χ2n) is 9.49. The number of rotatable bonds is 8. The molecule has 0 radical (unpaired) electrons. The van der Waals surface area contributed by atoms with Crippen molar-refractivity contribution < 1.29 is 19.1 Å². The Morgan fingerprint density at radius 2 is 1.27 bits per heavy atom. The fourth-order valence-electron chi connectivity index (χ4n) is 6.17. The first-order valence-corrected chi connectivity index (χ1v) is 12.3. The second-order valence-corrected chi connectivity index (χ2v) is 9.49. The van der Waals surface area contributed by atoms with Crippen molar-refractivity contribution in [1.82, 2.24) is 4.90 Å². The minimum atomic E-state index is -0.835. The van der Waals surface area contributed by atoms with Gasteiger partial charge < -0.3 is 4.74 Å². The zero-order chi connectivity index (χ0) is 23.1. The van der Waals surface area contributed by atoms with E-state index in [1.807, 2.05) is 38.1 Å². The van der Waals surface area contributed by atoms with Crippen molar-refractivity contribution >= 4 is 17.8 Å². The molecule has 1 heterocycles. The Labute approximate surface area is 195 Å². The van der Waals surface area contributed by atoms with E-state index in [1.54, 1.807) is 0 Å². The number of likely N-dealkylation sites (tertiary alicyclic amines) is 1. The highest BCUT2D eigenvalue weighted by Crippen LogP contribution is 2.61. The number of esters is 1. The number of hydrogen-bond acceptors (Lipinski definition) is 4. The maximum Gasteiger partial charge on any atom is 0.329 e. The Hall–Kier alpha value is -2.95. The van der Waals surface area contributed by atoms with E-state index < -0.39 is 23.8 Å². The number of carbonyl (C=O) groups excluding carboxylic acids is 3. The summed E-state index contributed by atoms with van der Waals surface area (Å²) >= 11 is 0. The molecule has 1 fully saturated rings. The molecular formula is C28H31NO4. The van der Waals surface area contributed by atoms with Crippen molar-refractivity contribution in [3.05, 3.63) is 70.8 Å². The zero-order valence-corrected chi connectivity index (χ0v) is 19.3. The molecule has 0 N–H and O–H groups in total. The number of nitrogens with zero attached hydrogens (tertiary/aromatic N) is 1. The maximum absolute atomic E-state index is 13.9. The number of hydrogen-bond donors (Lipinski definition) is 0. The summed E-state index contributed by atoms with van der Waals surface area (Å²) in [7, 11) is 0. The molecule has 2 aromatic carbocycles. The van der Waals surface area contributed by atoms with Crippen LogP contribution < -0.4 is 0 Å². The first-order valence-electron chi connectivity index (χ1n) is 12.3. The maximum atomic E-state index is 13.9. The predicted molar refractivity (Wildman–Crippen MR) is 125 cm³/mol. The highest BCUT2D eigenvalue weighted by Gasteiger charge is 2.63. The van der Waals surface area contributed by atoms with Crippen molar-refractivity contribution in [2.45, 2.75) is 63.8 Å². The summed E-state index contributed by atoms with van der Waals surface area (Å²) in [5.74, 6) is -2.09. The number of amides is 2. The van der Waals surface area contributed by atoms with Crippen LogP contribution >= 0.6 is 0 Å². The van der Waals surface area contributed by atoms with Gasteiger partial charge in [0.05, 0.1) is 18.4 Å². The molecule has 0 unspecified atom stereocenters. The van der Waals surface area contributed by atoms with Crippen LogP contribution in [0.4, 0.5) is 0 Å². The molecule has 0 aromatic heterocycles. The SMILES string of the molecule is CCCCOC(=O)[C@H](CCCC)N1C(=O)[C@@H]2C3c4ccccc4C(c4ccccc43)[C@@H]2C1=O. The molecule has 0 spiro atoms. The summed E-state index contributed by atoms with van der Waals surface area (Å²) in [6.07, 6.45) is 3.78. The van der Waals surface area contributed by atoms with Gasteiger partial charge in [0.1, 0.15) is 6.04 Å². The lowest BCUT2D eigenvalue weighted by atomic mass is 9.55. The Balaban J connectivity index is 1.55. The van der Waals surface area contributed by atoms with E-state index in [-0.39, 0.29) is 23.7 Å². The fourth-order valence-corrected chi connectivity index (χ4v) is 6.17. The molecular weight excluding hydrogens is 414 g/mol. The summed E-state index contributed by atoms with van der Waals surface area (Å²) < 4.78 is 5.51. The van der Waals surface area contributed by atoms with Crippen LogP contribution in [0.1, 0.15) is 80.0 Å². The molecule has 2 amide bonds. The van der Waals surface area contributed by atoms with Crippen LogP contribution in [0.15, 0.2) is 48.5 Å². The van der Waals surface area contributed by atoms with E-state index in [9.17, 15) is 14.4 Å². The lowest BCUT2D eigenvalue weighted by molar-refractivity contribution is -0.159. The summed E-state index contributed by atoms with van der Waals surface area (Å²) in [5.41, 5.74) is 4.56. The van der Waals surface area contributed by atoms with E-state index in [0.717, 1.165) is 47.9 Å². The molecule has 3 aliphatic carbocycles. The molecule has 1 saturated heterocycles. The summed E-state index contributed by atoms with van der Waals surface area (Å²) in [6, 6.07) is 15.5. The fraction of sp³-hybridized carbons (Fsp3) is 0.464. The van der Waals surface area contributed by atoms with E-state index in [1.165, 1.54) is 4.90 Å². The first kappa shape index (κ1) is 21.9. The van der Waals surface area contributed by atoms with Crippen LogP contribution in [-0.2, 0) is 19.1 Å². The van der Waals surface area contributed by atoms with Crippen LogP contribution in [0, 0.1) is 11.8 Å². The molecule has 4 aliphatic rings. The van der Waals surface area contributed by atoms with Gasteiger partial charge in [0.2, 0.25) is 11.8 Å². The molecule has 5 heteroatoms. The molecule has 6 rings (SSSR count). The average Bonchev–Trinajstić information content (AvgIpc) is 3.10. The molecule has 2 bridgehead atoms. The van der Waals surface area contributed by atoms with Crippen LogP contribution in [0.2, 0.25) is 0 Å². The summed E-state index contributed by atoms with van der Waals surface area (Å²) in [6.45, 7) is 4.40. The van der Waals surface area contributed by atoms with Gasteiger partial charge in [0.25, 0.3) is 0 Å². The number of carbonyl (C=O) groups is 3. The quantitative estimate of drug-likeness (QED) is 0.333. The topological polar surface area (TPSA) is 63.7 Å². The molecule has 172 valence electrons. The van der Waals surface area contributed by atoms with Crippen LogP contribution in [-0.4, -0.2) is 35.3 Å². The molecule has 0 saturated carbocycles. The van der Waals surface area contributed by atoms with Crippen LogP contribution in [0.25, 0.3) is 0 Å². The zero-order valence-electron chi connectivity index (χ0n) is 19.3. The van der Waals surface area contributed by atoms with E-state index in [0.29, 0.717) is 13.0 Å². The summed E-state index contributed by atoms with van der Waals surface area (Å²) in [4.78, 5) is 42.1. The average molecular weight is 446 g/mol. The van der Waals surface area contributed by atoms with Gasteiger partial charge in [-0.1, -0.05) is 81.6 Å². The van der Waals surface area contributed by atoms with Crippen molar-refractivity contribution in [2.24, 2.45) is 11.8 Å². The molecule has 1 aliphatic heterocycles. The molecule has 5 nitrogen and oxygen atoms in total. The lowest BCUT2D eigenvalue weighted by Crippen LogP contribution is -2.46. The van der Waals surface area contributed by atoms with Gasteiger partial charge in [-0.2, -0.15) is 0 Å². The van der Waals surface area contributed by atoms with Gasteiger partial charge in [-0.15, -0.1) is 0 Å². The van der Waals surface area contributed by atoms with Gasteiger partial charge in [-0.05, 0) is 35.1 Å². The van der Waals surface area contributed by atoms with Crippen molar-refractivity contribution in [3.63, 3.8) is 0 Å². The van der Waals surface area contributed by atoms with Gasteiger partial charge in [0, 0.05) is 11.8 Å². The minimum absolute atomic E-state index is 0.156. The van der Waals surface area contributed by atoms with Gasteiger partial charge in [-0.3, -0.25) is 14.5 Å². The Kier molecular flexibility index (Phi) is 5.81. The normalized spacial score (nSPS) is 25.5. The predicted octanol–water partition coefficient (Wildman–Crippen LogP) is 4.78. The van der Waals surface area contributed by atoms with E-state index in [2.05, 4.69) is 24.3 Å². The molecule has 2 aromatic rings. The van der Waals surface area contributed by atoms with Crippen LogP contribution in [0.3, 0.4) is 0 Å². The lowest BCUT2D eigenvalue weighted by Gasteiger charge is -2.45. The van der Waals surface area contributed by atoms with Crippen molar-refractivity contribution in [3.8, 4) is 0 Å². The number of benzene rings is 2. The smallest absolute Gasteiger partial charge is 0.329 e. The summed E-state index contributed by atoms with van der Waals surface area (Å²) in [5, 5.41) is 0. The van der Waals surface area contributed by atoms with Gasteiger partial charge in [0.15, 0.2) is 0 Å². The minimum Gasteiger partial charge on any atom is -0.464 e. The van der Waals surface area contributed by atoms with E-state index in [4.69, 9.17) is 4.74 Å². The number of unbranched alkanes of at least 4 members (excludes halogenated alkanes) is 2. The molecule has 33 heavy (non-hydrogen) atoms. The highest BCUT2D eigenvalue weighted by atomic mass is 16.5. The van der Waals surface area contributed by atoms with Crippen molar-refractivity contribution in [1.29, 1.82) is 0 Å². The molecule has 3 atom stereocenters. The Morgan fingerprint density at radius 1 is 0.818 bits per heavy atom. The third-order valence-electron chi connectivity index (χ3n) is 7.64. The standard InChI is InChI=1S/C28H31NO4/c1-3-5-15-21(28(32)33-16-6-4-2)29-26(30)24-22-17-11-7-8-12-18(17)23(25(24)27(29)31)20-14-10-9-13-19(20)22/h7-14,21-25H,3-6,15-16H2,1-2H3/t21-,22?,23?,24-,25+/m0/s1. The Bertz CT molecular complexity index is 977. The monoisotopic (exact) mass is 445 g/mol. The third kappa shape index (κ3) is 3.32.